The van der Waals surface area contributed by atoms with Crippen LogP contribution in [0.4, 0.5) is 5.69 Å². The Balaban J connectivity index is 2.08. The predicted molar refractivity (Wildman–Crippen MR) is 54.8 cm³/mol. The molecule has 92 valence electrons. The number of ether oxygens (including phenoxy) is 1. The summed E-state index contributed by atoms with van der Waals surface area (Å²) in [5.74, 6) is -1.03. The van der Waals surface area contributed by atoms with Crippen molar-refractivity contribution in [2.45, 2.75) is 6.29 Å². The van der Waals surface area contributed by atoms with Crippen LogP contribution >= 0.6 is 0 Å². The summed E-state index contributed by atoms with van der Waals surface area (Å²) in [6, 6.07) is 6.08. The first kappa shape index (κ1) is 11.8. The first-order chi connectivity index (χ1) is 8.20. The van der Waals surface area contributed by atoms with E-state index in [1.54, 1.807) is 12.1 Å². The molecule has 0 saturated carbocycles. The lowest BCUT2D eigenvalue weighted by molar-refractivity contribution is -0.289. The van der Waals surface area contributed by atoms with Gasteiger partial charge in [-0.05, 0) is 18.2 Å². The van der Waals surface area contributed by atoms with Crippen LogP contribution in [0.15, 0.2) is 24.3 Å². The van der Waals surface area contributed by atoms with E-state index in [-0.39, 0.29) is 12.2 Å². The van der Waals surface area contributed by atoms with Gasteiger partial charge >= 0.3 is 5.97 Å². The van der Waals surface area contributed by atoms with E-state index in [9.17, 15) is 4.79 Å². The van der Waals surface area contributed by atoms with E-state index < -0.39 is 12.3 Å². The first-order valence-corrected chi connectivity index (χ1v) is 4.83. The van der Waals surface area contributed by atoms with Gasteiger partial charge in [-0.15, -0.1) is 0 Å². The molecule has 1 aromatic rings. The quantitative estimate of drug-likeness (QED) is 0.787. The zero-order valence-corrected chi connectivity index (χ0v) is 9.03. The van der Waals surface area contributed by atoms with Crippen molar-refractivity contribution in [1.82, 2.24) is 0 Å². The number of hydrogen-bond acceptors (Lipinski definition) is 6. The van der Waals surface area contributed by atoms with E-state index in [0.29, 0.717) is 5.69 Å². The summed E-state index contributed by atoms with van der Waals surface area (Å²) in [6.07, 6.45) is -0.673. The lowest BCUT2D eigenvalue weighted by Crippen LogP contribution is -2.20. The molecule has 0 aliphatic carbocycles. The Morgan fingerprint density at radius 2 is 2.41 bits per heavy atom. The average molecular weight is 241 g/mol. The number of benzene rings is 1. The van der Waals surface area contributed by atoms with Crippen molar-refractivity contribution in [3.63, 3.8) is 0 Å². The van der Waals surface area contributed by atoms with Crippen LogP contribution in [0.3, 0.4) is 0 Å². The highest BCUT2D eigenvalue weighted by Gasteiger charge is 2.27. The Bertz CT molecular complexity index is 410. The fraction of sp³-hybridized carbons (Fsp3) is 0.300. The molecular formula is C10H11NO6. The summed E-state index contributed by atoms with van der Waals surface area (Å²) in [5.41, 5.74) is 0.549. The second kappa shape index (κ2) is 5.11. The van der Waals surface area contributed by atoms with E-state index in [0.717, 1.165) is 5.23 Å². The van der Waals surface area contributed by atoms with Gasteiger partial charge in [0.15, 0.2) is 0 Å². The second-order valence-corrected chi connectivity index (χ2v) is 3.27. The van der Waals surface area contributed by atoms with E-state index in [4.69, 9.17) is 24.6 Å². The predicted octanol–water partition coefficient (Wildman–Crippen LogP) is 0.972. The summed E-state index contributed by atoms with van der Waals surface area (Å²) in [7, 11) is 1.50. The molecule has 7 nitrogen and oxygen atoms in total. The zero-order valence-electron chi connectivity index (χ0n) is 9.03. The molecule has 1 saturated heterocycles. The molecule has 1 aliphatic rings. The summed E-state index contributed by atoms with van der Waals surface area (Å²) in [6.45, 7) is 0.203. The summed E-state index contributed by atoms with van der Waals surface area (Å²) >= 11 is 0. The van der Waals surface area contributed by atoms with Crippen LogP contribution in [-0.4, -0.2) is 31.1 Å². The molecule has 0 radical (unpaired) electrons. The number of methoxy groups -OCH3 is 1. The van der Waals surface area contributed by atoms with Crippen LogP contribution in [0.25, 0.3) is 0 Å². The molecule has 0 bridgehead atoms. The van der Waals surface area contributed by atoms with Crippen molar-refractivity contribution < 1.29 is 29.4 Å². The maximum atomic E-state index is 10.8. The van der Waals surface area contributed by atoms with E-state index >= 15 is 0 Å². The van der Waals surface area contributed by atoms with Crippen molar-refractivity contribution in [2.24, 2.45) is 0 Å². The van der Waals surface area contributed by atoms with Gasteiger partial charge in [-0.25, -0.2) is 9.63 Å². The van der Waals surface area contributed by atoms with E-state index in [2.05, 4.69) is 0 Å². The molecule has 0 amide bonds. The Morgan fingerprint density at radius 1 is 1.59 bits per heavy atom. The minimum atomic E-state index is -1.03. The highest BCUT2D eigenvalue weighted by atomic mass is 17.4. The molecular weight excluding hydrogens is 230 g/mol. The molecule has 0 aromatic heterocycles. The van der Waals surface area contributed by atoms with Crippen molar-refractivity contribution >= 4 is 11.7 Å². The molecule has 0 spiro atoms. The van der Waals surface area contributed by atoms with Gasteiger partial charge in [0.05, 0.1) is 11.3 Å². The number of anilines is 1. The number of carbonyl (C=O) groups is 1. The van der Waals surface area contributed by atoms with Crippen LogP contribution < -0.4 is 5.23 Å². The average Bonchev–Trinajstić information content (AvgIpc) is 2.78. The number of nitrogens with zero attached hydrogens (tertiary/aromatic N) is 1. The number of rotatable bonds is 4. The lowest BCUT2D eigenvalue weighted by atomic mass is 10.2. The molecule has 1 atom stereocenters. The highest BCUT2D eigenvalue weighted by Crippen LogP contribution is 2.23. The Morgan fingerprint density at radius 3 is 3.12 bits per heavy atom. The van der Waals surface area contributed by atoms with Gasteiger partial charge in [0.25, 0.3) is 0 Å². The lowest BCUT2D eigenvalue weighted by Gasteiger charge is -2.11. The molecule has 2 rings (SSSR count). The molecule has 1 aromatic carbocycles. The number of carboxylic acids is 1. The molecule has 1 N–H and O–H groups in total. The Kier molecular flexibility index (Phi) is 3.55. The largest absolute Gasteiger partial charge is 0.478 e. The number of hydrogen-bond donors (Lipinski definition) is 1. The van der Waals surface area contributed by atoms with Crippen LogP contribution in [0.5, 0.6) is 0 Å². The summed E-state index contributed by atoms with van der Waals surface area (Å²) < 4.78 is 4.82. The third kappa shape index (κ3) is 2.71. The van der Waals surface area contributed by atoms with Gasteiger partial charge in [0.2, 0.25) is 6.29 Å². The molecule has 17 heavy (non-hydrogen) atoms. The minimum absolute atomic E-state index is 0.130. The van der Waals surface area contributed by atoms with Crippen molar-refractivity contribution in [3.8, 4) is 0 Å². The van der Waals surface area contributed by atoms with Gasteiger partial charge in [-0.2, -0.15) is 4.89 Å². The molecule has 1 fully saturated rings. The SMILES string of the molecule is COCC1OON(c2cccc(C(=O)O)c2)O1. The Hall–Kier alpha value is -1.67. The van der Waals surface area contributed by atoms with Crippen molar-refractivity contribution in [2.75, 3.05) is 18.9 Å². The Labute approximate surface area is 96.9 Å². The monoisotopic (exact) mass is 241 g/mol. The normalized spacial score (nSPS) is 19.6. The topological polar surface area (TPSA) is 77.5 Å². The van der Waals surface area contributed by atoms with E-state index in [1.165, 1.54) is 19.2 Å². The maximum absolute atomic E-state index is 10.8. The zero-order chi connectivity index (χ0) is 12.3. The van der Waals surface area contributed by atoms with Crippen LogP contribution in [-0.2, 0) is 19.5 Å². The van der Waals surface area contributed by atoms with Gasteiger partial charge in [0.1, 0.15) is 6.61 Å². The van der Waals surface area contributed by atoms with Gasteiger partial charge < -0.3 is 9.84 Å². The standard InChI is InChI=1S/C10H11NO6/c1-14-6-9-15-11(17-16-9)8-4-2-3-7(5-8)10(12)13/h2-5,9H,6H2,1H3,(H,12,13). The summed E-state index contributed by atoms with van der Waals surface area (Å²) in [4.78, 5) is 25.5. The second-order valence-electron chi connectivity index (χ2n) is 3.27. The summed E-state index contributed by atoms with van der Waals surface area (Å²) in [5, 5.41) is 9.83. The van der Waals surface area contributed by atoms with Gasteiger partial charge in [-0.3, -0.25) is 0 Å². The first-order valence-electron chi connectivity index (χ1n) is 4.83. The minimum Gasteiger partial charge on any atom is -0.478 e. The third-order valence-electron chi connectivity index (χ3n) is 2.04. The smallest absolute Gasteiger partial charge is 0.335 e. The van der Waals surface area contributed by atoms with Crippen LogP contribution in [0.2, 0.25) is 0 Å². The van der Waals surface area contributed by atoms with Gasteiger partial charge in [0, 0.05) is 7.11 Å². The fourth-order valence-corrected chi connectivity index (χ4v) is 1.28. The number of carboxylic acid groups (broad SMARTS) is 1. The van der Waals surface area contributed by atoms with Crippen molar-refractivity contribution in [3.05, 3.63) is 29.8 Å². The number of aromatic carboxylic acids is 1. The molecule has 1 aliphatic heterocycles. The molecule has 1 unspecified atom stereocenters. The maximum Gasteiger partial charge on any atom is 0.335 e. The third-order valence-corrected chi connectivity index (χ3v) is 2.04. The molecule has 7 heteroatoms. The van der Waals surface area contributed by atoms with E-state index in [1.807, 2.05) is 0 Å². The molecule has 1 heterocycles. The van der Waals surface area contributed by atoms with Crippen molar-refractivity contribution in [1.29, 1.82) is 0 Å². The van der Waals surface area contributed by atoms with Crippen LogP contribution in [0, 0.1) is 0 Å². The highest BCUT2D eigenvalue weighted by molar-refractivity contribution is 5.88. The van der Waals surface area contributed by atoms with Gasteiger partial charge in [-0.1, -0.05) is 16.3 Å². The fourth-order valence-electron chi connectivity index (χ4n) is 1.28. The van der Waals surface area contributed by atoms with Crippen LogP contribution in [0.1, 0.15) is 10.4 Å².